The summed E-state index contributed by atoms with van der Waals surface area (Å²) in [5.74, 6) is 1.24. The van der Waals surface area contributed by atoms with Gasteiger partial charge in [-0.2, -0.15) is 0 Å². The minimum atomic E-state index is -0.267. The summed E-state index contributed by atoms with van der Waals surface area (Å²) in [5, 5.41) is 9.62. The molecule has 19 heavy (non-hydrogen) atoms. The number of nitrogens with one attached hydrogen (secondary N) is 2. The van der Waals surface area contributed by atoms with Gasteiger partial charge in [0.1, 0.15) is 5.82 Å². The lowest BCUT2D eigenvalue weighted by Crippen LogP contribution is -2.13. The Kier molecular flexibility index (Phi) is 3.03. The molecule has 5 heteroatoms. The SMILES string of the molecule is CCc1cccc(NC(=O)c2n[nH]c(C3CC3)n2)c1. The van der Waals surface area contributed by atoms with Crippen molar-refractivity contribution in [1.29, 1.82) is 0 Å². The monoisotopic (exact) mass is 256 g/mol. The first kappa shape index (κ1) is 11.9. The maximum atomic E-state index is 12.0. The molecule has 2 aromatic rings. The number of rotatable bonds is 4. The molecule has 1 heterocycles. The Labute approximate surface area is 111 Å². The Morgan fingerprint density at radius 1 is 1.47 bits per heavy atom. The number of hydrogen-bond acceptors (Lipinski definition) is 3. The van der Waals surface area contributed by atoms with E-state index in [2.05, 4.69) is 27.4 Å². The van der Waals surface area contributed by atoms with Crippen molar-refractivity contribution in [1.82, 2.24) is 15.2 Å². The normalized spacial score (nSPS) is 14.4. The van der Waals surface area contributed by atoms with Gasteiger partial charge in [-0.05, 0) is 37.0 Å². The summed E-state index contributed by atoms with van der Waals surface area (Å²) in [4.78, 5) is 16.2. The van der Waals surface area contributed by atoms with Crippen LogP contribution in [0.5, 0.6) is 0 Å². The van der Waals surface area contributed by atoms with Crippen LogP contribution < -0.4 is 5.32 Å². The maximum Gasteiger partial charge on any atom is 0.295 e. The Bertz CT molecular complexity index is 601. The molecule has 1 aromatic carbocycles. The summed E-state index contributed by atoms with van der Waals surface area (Å²) in [6.07, 6.45) is 3.21. The number of H-pyrrole nitrogens is 1. The quantitative estimate of drug-likeness (QED) is 0.882. The number of aryl methyl sites for hydroxylation is 1. The number of hydrogen-bond donors (Lipinski definition) is 2. The van der Waals surface area contributed by atoms with Gasteiger partial charge < -0.3 is 5.32 Å². The minimum absolute atomic E-state index is 0.212. The van der Waals surface area contributed by atoms with Crippen molar-refractivity contribution < 1.29 is 4.79 Å². The smallest absolute Gasteiger partial charge is 0.295 e. The first-order valence-electron chi connectivity index (χ1n) is 6.59. The fourth-order valence-electron chi connectivity index (χ4n) is 1.97. The summed E-state index contributed by atoms with van der Waals surface area (Å²) in [6.45, 7) is 2.08. The van der Waals surface area contributed by atoms with Crippen molar-refractivity contribution in [3.8, 4) is 0 Å². The molecule has 0 atom stereocenters. The highest BCUT2D eigenvalue weighted by Crippen LogP contribution is 2.37. The van der Waals surface area contributed by atoms with Gasteiger partial charge in [-0.3, -0.25) is 9.89 Å². The van der Waals surface area contributed by atoms with Crippen LogP contribution in [-0.4, -0.2) is 21.1 Å². The summed E-state index contributed by atoms with van der Waals surface area (Å²) >= 11 is 0. The molecule has 2 N–H and O–H groups in total. The van der Waals surface area contributed by atoms with Crippen LogP contribution in [0.3, 0.4) is 0 Å². The van der Waals surface area contributed by atoms with Crippen LogP contribution in [0.4, 0.5) is 5.69 Å². The lowest BCUT2D eigenvalue weighted by Gasteiger charge is -2.04. The highest BCUT2D eigenvalue weighted by molar-refractivity contribution is 6.01. The van der Waals surface area contributed by atoms with Crippen molar-refractivity contribution >= 4 is 11.6 Å². The number of carbonyl (C=O) groups excluding carboxylic acids is 1. The molecule has 1 aliphatic carbocycles. The van der Waals surface area contributed by atoms with Gasteiger partial charge in [0.25, 0.3) is 5.91 Å². The van der Waals surface area contributed by atoms with E-state index in [9.17, 15) is 4.79 Å². The number of carbonyl (C=O) groups is 1. The van der Waals surface area contributed by atoms with Gasteiger partial charge in [0.2, 0.25) is 5.82 Å². The number of amides is 1. The molecule has 0 unspecified atom stereocenters. The summed E-state index contributed by atoms with van der Waals surface area (Å²) < 4.78 is 0. The molecular weight excluding hydrogens is 240 g/mol. The Morgan fingerprint density at radius 3 is 3.05 bits per heavy atom. The van der Waals surface area contributed by atoms with Crippen molar-refractivity contribution in [2.24, 2.45) is 0 Å². The van der Waals surface area contributed by atoms with Crippen LogP contribution in [0.1, 0.15) is 47.7 Å². The van der Waals surface area contributed by atoms with E-state index in [4.69, 9.17) is 0 Å². The van der Waals surface area contributed by atoms with Crippen LogP contribution in [0, 0.1) is 0 Å². The first-order valence-corrected chi connectivity index (χ1v) is 6.59. The third kappa shape index (κ3) is 2.65. The Morgan fingerprint density at radius 2 is 2.32 bits per heavy atom. The van der Waals surface area contributed by atoms with E-state index in [1.54, 1.807) is 0 Å². The van der Waals surface area contributed by atoms with Crippen LogP contribution in [-0.2, 0) is 6.42 Å². The van der Waals surface area contributed by atoms with Crippen LogP contribution in [0.15, 0.2) is 24.3 Å². The number of benzene rings is 1. The molecule has 1 aromatic heterocycles. The predicted molar refractivity (Wildman–Crippen MR) is 72.1 cm³/mol. The molecule has 0 saturated heterocycles. The Balaban J connectivity index is 1.72. The van der Waals surface area contributed by atoms with E-state index < -0.39 is 0 Å². The highest BCUT2D eigenvalue weighted by Gasteiger charge is 2.28. The van der Waals surface area contributed by atoms with Gasteiger partial charge >= 0.3 is 0 Å². The molecule has 0 spiro atoms. The molecule has 1 amide bonds. The standard InChI is InChI=1S/C14H16N4O/c1-2-9-4-3-5-11(8-9)15-14(19)13-16-12(17-18-13)10-6-7-10/h3-5,8,10H,2,6-7H2,1H3,(H,15,19)(H,16,17,18). The second-order valence-corrected chi connectivity index (χ2v) is 4.83. The Hall–Kier alpha value is -2.17. The van der Waals surface area contributed by atoms with Gasteiger partial charge in [-0.25, -0.2) is 4.98 Å². The topological polar surface area (TPSA) is 70.7 Å². The minimum Gasteiger partial charge on any atom is -0.319 e. The molecule has 1 fully saturated rings. The van der Waals surface area contributed by atoms with E-state index in [1.165, 1.54) is 5.56 Å². The molecule has 1 aliphatic rings. The maximum absolute atomic E-state index is 12.0. The van der Waals surface area contributed by atoms with Crippen LogP contribution in [0.25, 0.3) is 0 Å². The molecule has 0 aliphatic heterocycles. The zero-order chi connectivity index (χ0) is 13.2. The largest absolute Gasteiger partial charge is 0.319 e. The van der Waals surface area contributed by atoms with Gasteiger partial charge in [-0.1, -0.05) is 19.1 Å². The fraction of sp³-hybridized carbons (Fsp3) is 0.357. The van der Waals surface area contributed by atoms with Crippen LogP contribution >= 0.6 is 0 Å². The summed E-state index contributed by atoms with van der Waals surface area (Å²) in [5.41, 5.74) is 1.97. The highest BCUT2D eigenvalue weighted by atomic mass is 16.2. The molecule has 0 bridgehead atoms. The van der Waals surface area contributed by atoms with Crippen molar-refractivity contribution in [2.45, 2.75) is 32.1 Å². The third-order valence-corrected chi connectivity index (χ3v) is 3.26. The average molecular weight is 256 g/mol. The van der Waals surface area contributed by atoms with Gasteiger partial charge in [0.15, 0.2) is 0 Å². The zero-order valence-electron chi connectivity index (χ0n) is 10.8. The molecule has 3 rings (SSSR count). The van der Waals surface area contributed by atoms with Crippen molar-refractivity contribution in [3.05, 3.63) is 41.5 Å². The number of aromatic nitrogens is 3. The number of anilines is 1. The summed E-state index contributed by atoms with van der Waals surface area (Å²) in [7, 11) is 0. The molecular formula is C14H16N4O. The number of nitrogens with zero attached hydrogens (tertiary/aromatic N) is 2. The third-order valence-electron chi connectivity index (χ3n) is 3.26. The molecule has 98 valence electrons. The fourth-order valence-corrected chi connectivity index (χ4v) is 1.97. The van der Waals surface area contributed by atoms with Gasteiger partial charge in [0, 0.05) is 11.6 Å². The average Bonchev–Trinajstić information content (AvgIpc) is 3.16. The van der Waals surface area contributed by atoms with E-state index >= 15 is 0 Å². The zero-order valence-corrected chi connectivity index (χ0v) is 10.8. The van der Waals surface area contributed by atoms with E-state index in [0.717, 1.165) is 30.8 Å². The van der Waals surface area contributed by atoms with E-state index in [1.807, 2.05) is 24.3 Å². The second kappa shape index (κ2) is 4.84. The van der Waals surface area contributed by atoms with E-state index in [0.29, 0.717) is 5.92 Å². The second-order valence-electron chi connectivity index (χ2n) is 4.83. The van der Waals surface area contributed by atoms with Crippen molar-refractivity contribution in [2.75, 3.05) is 5.32 Å². The van der Waals surface area contributed by atoms with Gasteiger partial charge in [0.05, 0.1) is 0 Å². The number of aromatic amines is 1. The molecule has 5 nitrogen and oxygen atoms in total. The summed E-state index contributed by atoms with van der Waals surface area (Å²) in [6, 6.07) is 7.80. The lowest BCUT2D eigenvalue weighted by molar-refractivity contribution is 0.101. The lowest BCUT2D eigenvalue weighted by atomic mass is 10.1. The van der Waals surface area contributed by atoms with E-state index in [-0.39, 0.29) is 11.7 Å². The van der Waals surface area contributed by atoms with Crippen molar-refractivity contribution in [3.63, 3.8) is 0 Å². The molecule has 1 saturated carbocycles. The van der Waals surface area contributed by atoms with Crippen LogP contribution in [0.2, 0.25) is 0 Å². The molecule has 0 radical (unpaired) electrons. The van der Waals surface area contributed by atoms with Gasteiger partial charge in [-0.15, -0.1) is 5.10 Å². The predicted octanol–water partition coefficient (Wildman–Crippen LogP) is 2.50. The first-order chi connectivity index (χ1) is 9.26.